The van der Waals surface area contributed by atoms with Crippen LogP contribution < -0.4 is 16.0 Å². The molecule has 2 rings (SSSR count). The lowest BCUT2D eigenvalue weighted by molar-refractivity contribution is 0.237. The summed E-state index contributed by atoms with van der Waals surface area (Å²) in [5.74, 6) is 0. The fourth-order valence-electron chi connectivity index (χ4n) is 3.24. The van der Waals surface area contributed by atoms with Crippen LogP contribution >= 0.6 is 0 Å². The molecule has 4 heteroatoms. The van der Waals surface area contributed by atoms with Crippen LogP contribution in [0, 0.1) is 0 Å². The van der Waals surface area contributed by atoms with Crippen molar-refractivity contribution in [2.45, 2.75) is 76.3 Å². The minimum atomic E-state index is 0.00886. The first-order valence-electron chi connectivity index (χ1n) is 8.12. The largest absolute Gasteiger partial charge is 0.337 e. The van der Waals surface area contributed by atoms with E-state index >= 15 is 0 Å². The van der Waals surface area contributed by atoms with E-state index in [-0.39, 0.29) is 6.03 Å². The number of hydrogen-bond acceptors (Lipinski definition) is 2. The van der Waals surface area contributed by atoms with E-state index in [1.54, 1.807) is 0 Å². The Hall–Kier alpha value is -0.770. The molecule has 0 saturated heterocycles. The van der Waals surface area contributed by atoms with Crippen molar-refractivity contribution in [2.24, 2.45) is 0 Å². The Kier molecular flexibility index (Phi) is 6.48. The molecule has 19 heavy (non-hydrogen) atoms. The van der Waals surface area contributed by atoms with Crippen LogP contribution in [0.3, 0.4) is 0 Å². The van der Waals surface area contributed by atoms with Gasteiger partial charge in [-0.2, -0.15) is 0 Å². The van der Waals surface area contributed by atoms with Crippen molar-refractivity contribution in [1.82, 2.24) is 16.0 Å². The van der Waals surface area contributed by atoms with Gasteiger partial charge in [-0.1, -0.05) is 38.5 Å². The van der Waals surface area contributed by atoms with Crippen molar-refractivity contribution < 1.29 is 4.79 Å². The Labute approximate surface area is 117 Å². The molecule has 4 nitrogen and oxygen atoms in total. The van der Waals surface area contributed by atoms with E-state index in [4.69, 9.17) is 0 Å². The lowest BCUT2D eigenvalue weighted by Crippen LogP contribution is -2.44. The summed E-state index contributed by atoms with van der Waals surface area (Å²) in [5, 5.41) is 9.57. The number of nitrogens with one attached hydrogen (secondary N) is 3. The molecule has 0 heterocycles. The molecule has 0 spiro atoms. The molecule has 2 aliphatic carbocycles. The molecule has 2 fully saturated rings. The second-order valence-corrected chi connectivity index (χ2v) is 6.02. The smallest absolute Gasteiger partial charge is 0.315 e. The van der Waals surface area contributed by atoms with E-state index in [1.807, 2.05) is 0 Å². The first-order chi connectivity index (χ1) is 9.34. The highest BCUT2D eigenvalue weighted by Gasteiger charge is 2.16. The first kappa shape index (κ1) is 14.6. The third-order valence-corrected chi connectivity index (χ3v) is 4.39. The summed E-state index contributed by atoms with van der Waals surface area (Å²) in [6.45, 7) is 1.62. The SMILES string of the molecule is O=C(NCCNC1CCCCCC1)NC1CCCC1. The van der Waals surface area contributed by atoms with Gasteiger partial charge in [0.15, 0.2) is 0 Å². The fraction of sp³-hybridized carbons (Fsp3) is 0.933. The molecule has 0 bridgehead atoms. The van der Waals surface area contributed by atoms with Crippen molar-refractivity contribution in [3.8, 4) is 0 Å². The Morgan fingerprint density at radius 1 is 0.789 bits per heavy atom. The molecule has 0 unspecified atom stereocenters. The summed E-state index contributed by atoms with van der Waals surface area (Å²) in [6.07, 6.45) is 12.9. The molecular formula is C15H29N3O. The summed E-state index contributed by atoms with van der Waals surface area (Å²) in [6, 6.07) is 1.09. The van der Waals surface area contributed by atoms with Crippen molar-refractivity contribution in [3.63, 3.8) is 0 Å². The molecule has 0 aromatic carbocycles. The third-order valence-electron chi connectivity index (χ3n) is 4.39. The minimum absolute atomic E-state index is 0.00886. The van der Waals surface area contributed by atoms with Crippen LogP contribution in [0.4, 0.5) is 4.79 Å². The lowest BCUT2D eigenvalue weighted by Gasteiger charge is -2.17. The summed E-state index contributed by atoms with van der Waals surface area (Å²) >= 11 is 0. The topological polar surface area (TPSA) is 53.2 Å². The van der Waals surface area contributed by atoms with E-state index < -0.39 is 0 Å². The van der Waals surface area contributed by atoms with Crippen LogP contribution in [0.5, 0.6) is 0 Å². The number of amides is 2. The summed E-state index contributed by atoms with van der Waals surface area (Å²) in [5.41, 5.74) is 0. The first-order valence-corrected chi connectivity index (χ1v) is 8.12. The normalized spacial score (nSPS) is 22.1. The highest BCUT2D eigenvalue weighted by molar-refractivity contribution is 5.74. The van der Waals surface area contributed by atoms with Gasteiger partial charge in [0.1, 0.15) is 0 Å². The highest BCUT2D eigenvalue weighted by Crippen LogP contribution is 2.17. The Balaban J connectivity index is 1.49. The van der Waals surface area contributed by atoms with Gasteiger partial charge in [-0.15, -0.1) is 0 Å². The molecule has 0 radical (unpaired) electrons. The van der Waals surface area contributed by atoms with Crippen molar-refractivity contribution in [1.29, 1.82) is 0 Å². The zero-order valence-electron chi connectivity index (χ0n) is 12.0. The van der Waals surface area contributed by atoms with E-state index in [9.17, 15) is 4.79 Å². The van der Waals surface area contributed by atoms with Crippen molar-refractivity contribution in [3.05, 3.63) is 0 Å². The molecule has 0 aromatic rings. The maximum absolute atomic E-state index is 11.7. The Morgan fingerprint density at radius 3 is 2.05 bits per heavy atom. The Morgan fingerprint density at radius 2 is 1.37 bits per heavy atom. The van der Waals surface area contributed by atoms with Gasteiger partial charge in [-0.25, -0.2) is 4.79 Å². The molecule has 2 amide bonds. The predicted octanol–water partition coefficient (Wildman–Crippen LogP) is 2.54. The monoisotopic (exact) mass is 267 g/mol. The van der Waals surface area contributed by atoms with Gasteiger partial charge in [0.05, 0.1) is 0 Å². The molecule has 0 aromatic heterocycles. The second kappa shape index (κ2) is 8.41. The van der Waals surface area contributed by atoms with Crippen molar-refractivity contribution >= 4 is 6.03 Å². The predicted molar refractivity (Wildman–Crippen MR) is 78.3 cm³/mol. The van der Waals surface area contributed by atoms with Crippen LogP contribution in [0.1, 0.15) is 64.2 Å². The molecule has 0 aliphatic heterocycles. The van der Waals surface area contributed by atoms with Gasteiger partial charge < -0.3 is 16.0 Å². The van der Waals surface area contributed by atoms with Gasteiger partial charge in [-0.05, 0) is 25.7 Å². The standard InChI is InChI=1S/C15H29N3O/c19-15(18-14-9-5-6-10-14)17-12-11-16-13-7-3-1-2-4-8-13/h13-14,16H,1-12H2,(H2,17,18,19). The van der Waals surface area contributed by atoms with Crippen LogP contribution in [-0.2, 0) is 0 Å². The van der Waals surface area contributed by atoms with E-state index in [0.29, 0.717) is 12.1 Å². The third kappa shape index (κ3) is 5.81. The van der Waals surface area contributed by atoms with Crippen LogP contribution in [0.2, 0.25) is 0 Å². The van der Waals surface area contributed by atoms with Crippen LogP contribution in [-0.4, -0.2) is 31.2 Å². The highest BCUT2D eigenvalue weighted by atomic mass is 16.2. The average Bonchev–Trinajstić information content (AvgIpc) is 2.76. The maximum atomic E-state index is 11.7. The average molecular weight is 267 g/mol. The minimum Gasteiger partial charge on any atom is -0.337 e. The lowest BCUT2D eigenvalue weighted by atomic mass is 10.1. The van der Waals surface area contributed by atoms with Gasteiger partial charge in [0, 0.05) is 25.2 Å². The van der Waals surface area contributed by atoms with E-state index in [2.05, 4.69) is 16.0 Å². The summed E-state index contributed by atoms with van der Waals surface area (Å²) < 4.78 is 0. The van der Waals surface area contributed by atoms with Gasteiger partial charge in [0.2, 0.25) is 0 Å². The van der Waals surface area contributed by atoms with E-state index in [1.165, 1.54) is 51.4 Å². The molecule has 2 saturated carbocycles. The number of carbonyl (C=O) groups is 1. The van der Waals surface area contributed by atoms with Crippen molar-refractivity contribution in [2.75, 3.05) is 13.1 Å². The van der Waals surface area contributed by atoms with Gasteiger partial charge in [0.25, 0.3) is 0 Å². The number of urea groups is 1. The van der Waals surface area contributed by atoms with Gasteiger partial charge >= 0.3 is 6.03 Å². The summed E-state index contributed by atoms with van der Waals surface area (Å²) in [4.78, 5) is 11.7. The molecule has 0 atom stereocenters. The van der Waals surface area contributed by atoms with E-state index in [0.717, 1.165) is 25.9 Å². The molecule has 110 valence electrons. The Bertz CT molecular complexity index is 256. The van der Waals surface area contributed by atoms with Gasteiger partial charge in [-0.3, -0.25) is 0 Å². The number of rotatable bonds is 5. The molecular weight excluding hydrogens is 238 g/mol. The number of hydrogen-bond donors (Lipinski definition) is 3. The second-order valence-electron chi connectivity index (χ2n) is 6.02. The van der Waals surface area contributed by atoms with Crippen LogP contribution in [0.15, 0.2) is 0 Å². The molecule has 2 aliphatic rings. The van der Waals surface area contributed by atoms with Crippen LogP contribution in [0.25, 0.3) is 0 Å². The maximum Gasteiger partial charge on any atom is 0.315 e. The quantitative estimate of drug-likeness (QED) is 0.529. The zero-order chi connectivity index (χ0) is 13.3. The fourth-order valence-corrected chi connectivity index (χ4v) is 3.24. The summed E-state index contributed by atoms with van der Waals surface area (Å²) in [7, 11) is 0. The molecule has 3 N–H and O–H groups in total. The number of carbonyl (C=O) groups excluding carboxylic acids is 1. The zero-order valence-corrected chi connectivity index (χ0v) is 12.0.